The highest BCUT2D eigenvalue weighted by molar-refractivity contribution is 5.70. The minimum Gasteiger partial charge on any atom is -0.441 e. The number of hydrogen-bond acceptors (Lipinski definition) is 3. The molecule has 2 saturated heterocycles. The Bertz CT molecular complexity index is 490. The number of rotatable bonds is 3. The summed E-state index contributed by atoms with van der Waals surface area (Å²) in [5, 5.41) is 2.77. The van der Waals surface area contributed by atoms with Gasteiger partial charge in [-0.2, -0.15) is 0 Å². The summed E-state index contributed by atoms with van der Waals surface area (Å²) in [6.45, 7) is 3.58. The number of alkyl carbamates (subject to hydrolysis) is 1. The fourth-order valence-corrected chi connectivity index (χ4v) is 2.83. The molecule has 2 fully saturated rings. The third kappa shape index (κ3) is 3.02. The minimum absolute atomic E-state index is 0.239. The second-order valence-corrected chi connectivity index (χ2v) is 5.54. The zero-order chi connectivity index (χ0) is 13.8. The summed E-state index contributed by atoms with van der Waals surface area (Å²) >= 11 is 0. The molecule has 0 unspecified atom stereocenters. The highest BCUT2D eigenvalue weighted by Crippen LogP contribution is 2.29. The lowest BCUT2D eigenvalue weighted by Gasteiger charge is -2.36. The Morgan fingerprint density at radius 3 is 2.65 bits per heavy atom. The van der Waals surface area contributed by atoms with Crippen LogP contribution in [-0.4, -0.2) is 42.8 Å². The third-order valence-electron chi connectivity index (χ3n) is 4.10. The first-order valence-electron chi connectivity index (χ1n) is 7.17. The highest BCUT2D eigenvalue weighted by Gasteiger charge is 2.42. The molecule has 1 spiro atoms. The van der Waals surface area contributed by atoms with Crippen LogP contribution in [0.4, 0.5) is 4.79 Å². The number of benzene rings is 1. The fourth-order valence-electron chi connectivity index (χ4n) is 2.83. The minimum atomic E-state index is -0.262. The topological polar surface area (TPSA) is 41.6 Å². The molecule has 0 aromatic heterocycles. The van der Waals surface area contributed by atoms with Crippen LogP contribution in [0.2, 0.25) is 0 Å². The fraction of sp³-hybridized carbons (Fsp3) is 0.438. The van der Waals surface area contributed by atoms with E-state index in [0.717, 1.165) is 32.5 Å². The number of carbonyl (C=O) groups excluding carboxylic acids is 1. The van der Waals surface area contributed by atoms with Crippen LogP contribution in [0, 0.1) is 0 Å². The molecule has 0 radical (unpaired) electrons. The third-order valence-corrected chi connectivity index (χ3v) is 4.10. The number of piperidine rings is 1. The lowest BCUT2D eigenvalue weighted by Crippen LogP contribution is -2.46. The maximum absolute atomic E-state index is 11.2. The molecular weight excluding hydrogens is 252 g/mol. The van der Waals surface area contributed by atoms with Gasteiger partial charge in [0.25, 0.3) is 0 Å². The molecule has 0 bridgehead atoms. The Labute approximate surface area is 119 Å². The number of likely N-dealkylation sites (tertiary alicyclic amines) is 1. The Kier molecular flexibility index (Phi) is 3.74. The number of amides is 1. The van der Waals surface area contributed by atoms with Gasteiger partial charge in [-0.1, -0.05) is 42.5 Å². The van der Waals surface area contributed by atoms with Crippen LogP contribution in [0.5, 0.6) is 0 Å². The van der Waals surface area contributed by atoms with Crippen molar-refractivity contribution in [2.24, 2.45) is 0 Å². The smallest absolute Gasteiger partial charge is 0.407 e. The molecule has 2 aliphatic heterocycles. The van der Waals surface area contributed by atoms with E-state index in [4.69, 9.17) is 4.74 Å². The molecule has 1 amide bonds. The van der Waals surface area contributed by atoms with Crippen LogP contribution in [0.3, 0.4) is 0 Å². The van der Waals surface area contributed by atoms with E-state index in [-0.39, 0.29) is 11.7 Å². The molecule has 4 heteroatoms. The number of ether oxygens (including phenoxy) is 1. The second kappa shape index (κ2) is 5.67. The van der Waals surface area contributed by atoms with Crippen molar-refractivity contribution in [3.63, 3.8) is 0 Å². The predicted octanol–water partition coefficient (Wildman–Crippen LogP) is 2.27. The maximum atomic E-state index is 11.2. The summed E-state index contributed by atoms with van der Waals surface area (Å²) in [5.74, 6) is 0. The van der Waals surface area contributed by atoms with E-state index in [1.165, 1.54) is 5.56 Å². The van der Waals surface area contributed by atoms with E-state index in [0.29, 0.717) is 6.54 Å². The van der Waals surface area contributed by atoms with Crippen molar-refractivity contribution in [2.45, 2.75) is 18.4 Å². The van der Waals surface area contributed by atoms with Crippen molar-refractivity contribution in [2.75, 3.05) is 26.2 Å². The number of nitrogens with zero attached hydrogens (tertiary/aromatic N) is 1. The lowest BCUT2D eigenvalue weighted by molar-refractivity contribution is 0.00359. The largest absolute Gasteiger partial charge is 0.441 e. The number of carbonyl (C=O) groups is 1. The summed E-state index contributed by atoms with van der Waals surface area (Å²) in [7, 11) is 0. The van der Waals surface area contributed by atoms with Crippen LogP contribution in [0.15, 0.2) is 36.4 Å². The summed E-state index contributed by atoms with van der Waals surface area (Å²) < 4.78 is 5.42. The Hall–Kier alpha value is -1.81. The van der Waals surface area contributed by atoms with Gasteiger partial charge in [0, 0.05) is 32.5 Å². The van der Waals surface area contributed by atoms with Gasteiger partial charge in [0.1, 0.15) is 5.60 Å². The summed E-state index contributed by atoms with van der Waals surface area (Å²) in [5.41, 5.74) is 0.992. The van der Waals surface area contributed by atoms with Crippen molar-refractivity contribution < 1.29 is 9.53 Å². The van der Waals surface area contributed by atoms with Gasteiger partial charge in [0.05, 0.1) is 6.54 Å². The molecule has 1 aromatic carbocycles. The molecular formula is C16H20N2O2. The molecule has 2 aliphatic rings. The van der Waals surface area contributed by atoms with E-state index in [1.54, 1.807) is 0 Å². The molecule has 0 aliphatic carbocycles. The van der Waals surface area contributed by atoms with Crippen molar-refractivity contribution in [1.82, 2.24) is 10.2 Å². The first-order chi connectivity index (χ1) is 9.76. The molecule has 0 saturated carbocycles. The van der Waals surface area contributed by atoms with Gasteiger partial charge in [0.15, 0.2) is 0 Å². The van der Waals surface area contributed by atoms with Crippen LogP contribution in [0.1, 0.15) is 18.4 Å². The maximum Gasteiger partial charge on any atom is 0.407 e. The lowest BCUT2D eigenvalue weighted by atomic mass is 9.92. The van der Waals surface area contributed by atoms with Crippen molar-refractivity contribution in [1.29, 1.82) is 0 Å². The summed E-state index contributed by atoms with van der Waals surface area (Å²) in [6.07, 6.45) is 5.94. The average Bonchev–Trinajstić information content (AvgIpc) is 2.84. The van der Waals surface area contributed by atoms with Gasteiger partial charge < -0.3 is 10.1 Å². The van der Waals surface area contributed by atoms with E-state index < -0.39 is 0 Å². The van der Waals surface area contributed by atoms with Gasteiger partial charge in [-0.3, -0.25) is 4.90 Å². The monoisotopic (exact) mass is 272 g/mol. The van der Waals surface area contributed by atoms with E-state index in [2.05, 4.69) is 34.5 Å². The molecule has 2 heterocycles. The van der Waals surface area contributed by atoms with Crippen molar-refractivity contribution in [3.8, 4) is 0 Å². The van der Waals surface area contributed by atoms with Gasteiger partial charge in [-0.05, 0) is 5.56 Å². The average molecular weight is 272 g/mol. The predicted molar refractivity (Wildman–Crippen MR) is 78.4 cm³/mol. The molecule has 1 N–H and O–H groups in total. The van der Waals surface area contributed by atoms with Gasteiger partial charge in [-0.15, -0.1) is 0 Å². The Balaban J connectivity index is 1.47. The second-order valence-electron chi connectivity index (χ2n) is 5.54. The SMILES string of the molecule is O=C1NCC2(CCN(CC=Cc3ccccc3)CC2)O1. The first-order valence-corrected chi connectivity index (χ1v) is 7.17. The molecule has 1 aromatic rings. The molecule has 3 rings (SSSR count). The highest BCUT2D eigenvalue weighted by atomic mass is 16.6. The zero-order valence-corrected chi connectivity index (χ0v) is 11.5. The number of nitrogens with one attached hydrogen (secondary N) is 1. The van der Waals surface area contributed by atoms with Gasteiger partial charge >= 0.3 is 6.09 Å². The summed E-state index contributed by atoms with van der Waals surface area (Å²) in [6, 6.07) is 10.3. The van der Waals surface area contributed by atoms with E-state index >= 15 is 0 Å². The first kappa shape index (κ1) is 13.2. The molecule has 106 valence electrons. The Morgan fingerprint density at radius 2 is 2.00 bits per heavy atom. The van der Waals surface area contributed by atoms with E-state index in [1.807, 2.05) is 18.2 Å². The normalized spacial score (nSPS) is 22.1. The standard InChI is InChI=1S/C16H20N2O2/c19-15-17-13-16(20-15)8-11-18(12-9-16)10-4-7-14-5-2-1-3-6-14/h1-7H,8-13H2,(H,17,19). The van der Waals surface area contributed by atoms with Gasteiger partial charge in [-0.25, -0.2) is 4.79 Å². The molecule has 0 atom stereocenters. The van der Waals surface area contributed by atoms with Crippen LogP contribution >= 0.6 is 0 Å². The van der Waals surface area contributed by atoms with Crippen molar-refractivity contribution >= 4 is 12.2 Å². The van der Waals surface area contributed by atoms with Crippen LogP contribution in [-0.2, 0) is 4.74 Å². The molecule has 4 nitrogen and oxygen atoms in total. The Morgan fingerprint density at radius 1 is 1.25 bits per heavy atom. The number of hydrogen-bond donors (Lipinski definition) is 1. The zero-order valence-electron chi connectivity index (χ0n) is 11.5. The molecule has 20 heavy (non-hydrogen) atoms. The van der Waals surface area contributed by atoms with Crippen molar-refractivity contribution in [3.05, 3.63) is 42.0 Å². The van der Waals surface area contributed by atoms with Crippen LogP contribution in [0.25, 0.3) is 6.08 Å². The summed E-state index contributed by atoms with van der Waals surface area (Å²) in [4.78, 5) is 13.6. The quantitative estimate of drug-likeness (QED) is 0.918. The van der Waals surface area contributed by atoms with Crippen LogP contribution < -0.4 is 5.32 Å². The van der Waals surface area contributed by atoms with E-state index in [9.17, 15) is 4.79 Å². The van der Waals surface area contributed by atoms with Gasteiger partial charge in [0.2, 0.25) is 0 Å².